The van der Waals surface area contributed by atoms with Gasteiger partial charge in [-0.15, -0.1) is 0 Å². The fourth-order valence-electron chi connectivity index (χ4n) is 10.5. The number of aryl methyl sites for hydroxylation is 4. The average molecular weight is 1310 g/mol. The van der Waals surface area contributed by atoms with Gasteiger partial charge in [0.2, 0.25) is 0 Å². The summed E-state index contributed by atoms with van der Waals surface area (Å²) >= 11 is 0. The first-order chi connectivity index (χ1) is 44.1. The topological polar surface area (TPSA) is 192 Å². The highest BCUT2D eigenvalue weighted by atomic mass is 16.7. The van der Waals surface area contributed by atoms with E-state index in [1.807, 2.05) is 53.1 Å². The molecule has 10 rings (SSSR count). The van der Waals surface area contributed by atoms with Gasteiger partial charge in [-0.05, 0) is 177 Å². The molecule has 18 heteroatoms. The van der Waals surface area contributed by atoms with Crippen molar-refractivity contribution in [2.24, 2.45) is 34.0 Å². The van der Waals surface area contributed by atoms with Gasteiger partial charge in [0.05, 0.1) is 40.9 Å². The highest BCUT2D eigenvalue weighted by molar-refractivity contribution is 5.87. The molecule has 536 valence electrons. The van der Waals surface area contributed by atoms with Gasteiger partial charge in [-0.1, -0.05) is 178 Å². The first-order valence-electron chi connectivity index (χ1n) is 35.8. The van der Waals surface area contributed by atoms with E-state index in [1.165, 1.54) is 79.1 Å². The quantitative estimate of drug-likeness (QED) is 0.108. The minimum absolute atomic E-state index is 0.0559. The van der Waals surface area contributed by atoms with Crippen LogP contribution < -0.4 is 0 Å². The van der Waals surface area contributed by atoms with E-state index in [9.17, 15) is 0 Å². The molecule has 0 aliphatic carbocycles. The average Bonchev–Trinajstić information content (AvgIpc) is 1.85. The second-order valence-corrected chi connectivity index (χ2v) is 29.5. The summed E-state index contributed by atoms with van der Waals surface area (Å²) in [5, 5.41) is 34.3. The minimum Gasteiger partial charge on any atom is -0.392 e. The lowest BCUT2D eigenvalue weighted by atomic mass is 9.96. The Morgan fingerprint density at radius 1 is 0.649 bits per heavy atom. The maximum absolute atomic E-state index is 5.20. The summed E-state index contributed by atoms with van der Waals surface area (Å²) < 4.78 is 18.4. The molecular formula is C76H137N13O5. The molecule has 18 nitrogen and oxygen atoms in total. The molecule has 94 heavy (non-hydrogen) atoms. The standard InChI is InChI=1S/2C10H18N2.C9H19N.C8H15NO.C8H17N.C7H11NO.C6H10N2.C6H9NO.C6H11NO.C6H9NO/c1-7(2)10-6-12(8(3)4)11-9(10)5;1-5-6-12-7-10(8(2)3)9(4)11-12;1-4-10-7-5-6-9(10)8(2)3;1-6(2)7-5-8(3,4)10-9-7;1-7(2)8-5-4-6-9(8)3;1-5(2)7-4-6(3)9-8-7;1-5(2)6-3-7-8-4-6;1-5(2)6-3-4-8-7-6;2*1-5(2)6-3-4-7-8-6/h6-8H,1-5H3;7-8H,5-6H2,1-4H3;8-9H,4-7H2,1-3H3;6H,5H2,1-4H3;7-8H,4-6H2,1-3H3;4-5H,1-3H3;3-5H,1-2H3,(H,7,8);3-5H,1-2H3;4-6H,3H2,1-2H3;3-5H,1-2H3. The number of rotatable bonds is 14. The van der Waals surface area contributed by atoms with Gasteiger partial charge in [0, 0.05) is 86.4 Å². The van der Waals surface area contributed by atoms with Gasteiger partial charge in [-0.2, -0.15) is 15.3 Å². The van der Waals surface area contributed by atoms with Gasteiger partial charge in [0.15, 0.2) is 0 Å². The number of oxime groups is 2. The maximum atomic E-state index is 5.20. The Morgan fingerprint density at radius 2 is 1.26 bits per heavy atom. The molecule has 4 aliphatic rings. The molecule has 0 radical (unpaired) electrons. The number of likely N-dealkylation sites (tertiary alicyclic amines) is 2. The monoisotopic (exact) mass is 1310 g/mol. The number of hydrogen-bond donors (Lipinski definition) is 1. The number of hydrogen-bond acceptors (Lipinski definition) is 15. The molecule has 3 atom stereocenters. The summed E-state index contributed by atoms with van der Waals surface area (Å²) in [6.07, 6.45) is 22.3. The van der Waals surface area contributed by atoms with Gasteiger partial charge < -0.3 is 33.0 Å². The van der Waals surface area contributed by atoms with Crippen molar-refractivity contribution in [3.63, 3.8) is 0 Å². The Kier molecular flexibility index (Phi) is 41.7. The molecule has 2 saturated heterocycles. The van der Waals surface area contributed by atoms with Gasteiger partial charge >= 0.3 is 0 Å². The van der Waals surface area contributed by atoms with Gasteiger partial charge in [0.25, 0.3) is 0 Å². The Hall–Kier alpha value is -5.88. The lowest BCUT2D eigenvalue weighted by Gasteiger charge is -2.25. The highest BCUT2D eigenvalue weighted by Gasteiger charge is 2.30. The third-order valence-electron chi connectivity index (χ3n) is 16.6. The summed E-state index contributed by atoms with van der Waals surface area (Å²) in [4.78, 5) is 15.3. The summed E-state index contributed by atoms with van der Waals surface area (Å²) in [7, 11) is 2.23. The number of H-pyrrole nitrogens is 1. The summed E-state index contributed by atoms with van der Waals surface area (Å²) in [5.41, 5.74) is 9.54. The molecule has 6 aromatic heterocycles. The third-order valence-corrected chi connectivity index (χ3v) is 16.6. The molecule has 10 heterocycles. The molecule has 0 bridgehead atoms. The van der Waals surface area contributed by atoms with Crippen LogP contribution in [0, 0.1) is 44.4 Å². The van der Waals surface area contributed by atoms with Crippen LogP contribution in [0.3, 0.4) is 0 Å². The maximum Gasteiger partial charge on any atom is 0.139 e. The van der Waals surface area contributed by atoms with Crippen LogP contribution in [0.1, 0.15) is 317 Å². The van der Waals surface area contributed by atoms with Gasteiger partial charge in [-0.3, -0.25) is 14.5 Å². The molecular weight excluding hydrogens is 1170 g/mol. The van der Waals surface area contributed by atoms with Crippen LogP contribution in [0.15, 0.2) is 79.3 Å². The number of aromatic nitrogens is 9. The van der Waals surface area contributed by atoms with Crippen molar-refractivity contribution >= 4 is 11.9 Å². The summed E-state index contributed by atoms with van der Waals surface area (Å²) in [6, 6.07) is 7.94. The normalized spacial score (nSPS) is 17.1. The molecule has 0 amide bonds. The van der Waals surface area contributed by atoms with Gasteiger partial charge in [0.1, 0.15) is 29.5 Å². The summed E-state index contributed by atoms with van der Waals surface area (Å²) in [6.45, 7) is 67.3. The van der Waals surface area contributed by atoms with E-state index in [0.29, 0.717) is 59.5 Å². The van der Waals surface area contributed by atoms with Crippen LogP contribution in [-0.2, 0) is 16.2 Å². The number of nitrogens with one attached hydrogen (secondary N) is 1. The number of nitrogens with zero attached hydrogens (tertiary/aromatic N) is 12. The fourth-order valence-corrected chi connectivity index (χ4v) is 10.5. The van der Waals surface area contributed by atoms with Crippen LogP contribution >= 0.6 is 0 Å². The van der Waals surface area contributed by atoms with E-state index < -0.39 is 0 Å². The SMILES string of the molecule is CC(C)C1=NOC(C)(C)C1.CC(C)C1CC=NO1.CC(C)C1CCCN1C.CC(C)c1ccno1.CC(C)c1ccon1.CC(C)c1cn[nH]c1.CCCn1cc(C(C)C)c(C)n1.CCN1CCCC1C(C)C.Cc1cc(C(C)C)no1.Cc1nn(C(C)C)cc1C(C)C. The van der Waals surface area contributed by atoms with E-state index in [0.717, 1.165) is 72.6 Å². The van der Waals surface area contributed by atoms with E-state index >= 15 is 0 Å². The molecule has 4 aliphatic heterocycles. The van der Waals surface area contributed by atoms with Crippen LogP contribution in [0.4, 0.5) is 0 Å². The zero-order chi connectivity index (χ0) is 71.4. The first-order valence-corrected chi connectivity index (χ1v) is 35.8. The van der Waals surface area contributed by atoms with Crippen molar-refractivity contribution < 1.29 is 23.2 Å². The van der Waals surface area contributed by atoms with E-state index in [-0.39, 0.29) is 5.60 Å². The van der Waals surface area contributed by atoms with Crippen molar-refractivity contribution in [2.45, 2.75) is 318 Å². The van der Waals surface area contributed by atoms with Crippen molar-refractivity contribution in [3.05, 3.63) is 106 Å². The first kappa shape index (κ1) is 86.1. The zero-order valence-corrected chi connectivity index (χ0v) is 65.0. The molecule has 0 saturated carbocycles. The Balaban J connectivity index is 0.000000524. The number of aromatic amines is 1. The van der Waals surface area contributed by atoms with Crippen LogP contribution in [-0.4, -0.2) is 117 Å². The second-order valence-electron chi connectivity index (χ2n) is 29.5. The fraction of sp³-hybridized carbons (Fsp3) is 0.737. The largest absolute Gasteiger partial charge is 0.392 e. The predicted octanol–water partition coefficient (Wildman–Crippen LogP) is 20.3. The molecule has 6 aromatic rings. The Morgan fingerprint density at radius 3 is 1.53 bits per heavy atom. The van der Waals surface area contributed by atoms with E-state index in [2.05, 4.69) is 274 Å². The smallest absolute Gasteiger partial charge is 0.139 e. The third kappa shape index (κ3) is 34.2. The minimum atomic E-state index is -0.0559. The van der Waals surface area contributed by atoms with E-state index in [4.69, 9.17) is 18.7 Å². The van der Waals surface area contributed by atoms with Crippen LogP contribution in [0.5, 0.6) is 0 Å². The van der Waals surface area contributed by atoms with Crippen molar-refractivity contribution in [3.8, 4) is 0 Å². The van der Waals surface area contributed by atoms with Crippen molar-refractivity contribution in [1.29, 1.82) is 0 Å². The van der Waals surface area contributed by atoms with Crippen LogP contribution in [0.2, 0.25) is 0 Å². The van der Waals surface area contributed by atoms with Crippen molar-refractivity contribution in [1.82, 2.24) is 55.0 Å². The van der Waals surface area contributed by atoms with E-state index in [1.54, 1.807) is 12.5 Å². The van der Waals surface area contributed by atoms with Gasteiger partial charge in [-0.25, -0.2) is 0 Å². The Bertz CT molecular complexity index is 2730. The van der Waals surface area contributed by atoms with Crippen molar-refractivity contribution in [2.75, 3.05) is 26.7 Å². The zero-order valence-electron chi connectivity index (χ0n) is 65.0. The molecule has 1 N–H and O–H groups in total. The second kappa shape index (κ2) is 45.5. The molecule has 0 spiro atoms. The predicted molar refractivity (Wildman–Crippen MR) is 392 cm³/mol. The molecule has 2 fully saturated rings. The van der Waals surface area contributed by atoms with Crippen LogP contribution in [0.25, 0.3) is 0 Å². The lowest BCUT2D eigenvalue weighted by molar-refractivity contribution is 0.0123. The molecule has 3 unspecified atom stereocenters. The molecule has 0 aromatic carbocycles. The highest BCUT2D eigenvalue weighted by Crippen LogP contribution is 2.27. The summed E-state index contributed by atoms with van der Waals surface area (Å²) in [5.74, 6) is 7.83. The lowest BCUT2D eigenvalue weighted by Crippen LogP contribution is -2.32. The Labute approximate surface area is 572 Å².